The molecule has 28 heavy (non-hydrogen) atoms. The number of para-hydroxylation sites is 1. The number of nitrogens with one attached hydrogen (secondary N) is 2. The number of hydrogen-bond donors (Lipinski definition) is 3. The van der Waals surface area contributed by atoms with Gasteiger partial charge in [0.15, 0.2) is 0 Å². The summed E-state index contributed by atoms with van der Waals surface area (Å²) in [7, 11) is 0. The molecule has 0 radical (unpaired) electrons. The number of carbonyl (C=O) groups is 1. The van der Waals surface area contributed by atoms with Gasteiger partial charge in [-0.15, -0.1) is 5.10 Å². The van der Waals surface area contributed by atoms with Crippen LogP contribution in [0.2, 0.25) is 0 Å². The van der Waals surface area contributed by atoms with E-state index in [1.807, 2.05) is 18.2 Å². The van der Waals surface area contributed by atoms with E-state index < -0.39 is 0 Å². The molecule has 7 nitrogen and oxygen atoms in total. The number of hydrogen-bond acceptors (Lipinski definition) is 5. The molecule has 7 heteroatoms. The highest BCUT2D eigenvalue weighted by Gasteiger charge is 2.22. The molecule has 4 rings (SSSR count). The molecule has 1 aliphatic carbocycles. The lowest BCUT2D eigenvalue weighted by Gasteiger charge is -2.29. The molecule has 0 spiro atoms. The topological polar surface area (TPSA) is 108 Å². The molecule has 0 aliphatic heterocycles. The molecule has 1 saturated carbocycles. The van der Waals surface area contributed by atoms with Gasteiger partial charge in [0, 0.05) is 12.1 Å². The van der Waals surface area contributed by atoms with Crippen LogP contribution in [0, 0.1) is 11.3 Å². The van der Waals surface area contributed by atoms with Crippen molar-refractivity contribution in [2.24, 2.45) is 5.73 Å². The third-order valence-electron chi connectivity index (χ3n) is 5.19. The van der Waals surface area contributed by atoms with Crippen molar-refractivity contribution in [3.05, 3.63) is 59.8 Å². The summed E-state index contributed by atoms with van der Waals surface area (Å²) in [5.74, 6) is 0.374. The van der Waals surface area contributed by atoms with Crippen LogP contribution in [0.25, 0.3) is 5.52 Å². The molecule has 2 heterocycles. The van der Waals surface area contributed by atoms with E-state index in [1.165, 1.54) is 0 Å². The van der Waals surface area contributed by atoms with Crippen molar-refractivity contribution in [2.45, 2.75) is 37.8 Å². The smallest absolute Gasteiger partial charge is 0.274 e. The Labute approximate surface area is 163 Å². The van der Waals surface area contributed by atoms with E-state index in [0.717, 1.165) is 31.2 Å². The Morgan fingerprint density at radius 3 is 2.75 bits per heavy atom. The highest BCUT2D eigenvalue weighted by molar-refractivity contribution is 6.04. The molecule has 1 amide bonds. The van der Waals surface area contributed by atoms with E-state index in [1.54, 1.807) is 34.8 Å². The SMILES string of the molecule is N#Cc1ccccc1NC(=O)c1ccc2ccc(N[C@@H]3CCCC[C@@H]3N)nn12. The number of carbonyl (C=O) groups excluding carboxylic acids is 1. The van der Waals surface area contributed by atoms with Crippen molar-refractivity contribution in [3.8, 4) is 6.07 Å². The van der Waals surface area contributed by atoms with Crippen molar-refractivity contribution in [3.63, 3.8) is 0 Å². The molecule has 1 aromatic carbocycles. The average Bonchev–Trinajstić information content (AvgIpc) is 3.13. The number of aromatic nitrogens is 2. The molecular formula is C21H22N6O. The van der Waals surface area contributed by atoms with Gasteiger partial charge in [0.05, 0.1) is 16.8 Å². The number of nitrogens with zero attached hydrogens (tertiary/aromatic N) is 3. The van der Waals surface area contributed by atoms with Crippen LogP contribution in [0.3, 0.4) is 0 Å². The van der Waals surface area contributed by atoms with E-state index in [0.29, 0.717) is 22.8 Å². The molecule has 0 saturated heterocycles. The molecule has 2 atom stereocenters. The van der Waals surface area contributed by atoms with E-state index in [9.17, 15) is 10.1 Å². The second-order valence-corrected chi connectivity index (χ2v) is 7.08. The normalized spacial score (nSPS) is 19.1. The summed E-state index contributed by atoms with van der Waals surface area (Å²) >= 11 is 0. The quantitative estimate of drug-likeness (QED) is 0.650. The van der Waals surface area contributed by atoms with Gasteiger partial charge >= 0.3 is 0 Å². The number of amides is 1. The van der Waals surface area contributed by atoms with Gasteiger partial charge in [-0.3, -0.25) is 4.79 Å². The standard InChI is InChI=1S/C21H22N6O/c22-13-14-5-1-3-7-17(14)25-21(28)19-11-9-15-10-12-20(26-27(15)19)24-18-8-4-2-6-16(18)23/h1,3,5,7,9-12,16,18H,2,4,6,8,23H2,(H,24,26)(H,25,28)/t16-,18+/m0/s1. The summed E-state index contributed by atoms with van der Waals surface area (Å²) in [5, 5.41) is 20.0. The number of rotatable bonds is 4. The third-order valence-corrected chi connectivity index (χ3v) is 5.19. The molecule has 0 unspecified atom stereocenters. The lowest BCUT2D eigenvalue weighted by molar-refractivity contribution is 0.102. The monoisotopic (exact) mass is 374 g/mol. The third kappa shape index (κ3) is 3.55. The summed E-state index contributed by atoms with van der Waals surface area (Å²) < 4.78 is 1.61. The molecule has 4 N–H and O–H groups in total. The number of nitriles is 1. The summed E-state index contributed by atoms with van der Waals surface area (Å²) in [5.41, 5.74) is 8.34. The average molecular weight is 374 g/mol. The first-order valence-electron chi connectivity index (χ1n) is 9.47. The van der Waals surface area contributed by atoms with E-state index in [2.05, 4.69) is 21.8 Å². The van der Waals surface area contributed by atoms with Gasteiger partial charge < -0.3 is 16.4 Å². The van der Waals surface area contributed by atoms with E-state index in [-0.39, 0.29) is 18.0 Å². The van der Waals surface area contributed by atoms with Gasteiger partial charge in [-0.05, 0) is 49.2 Å². The lowest BCUT2D eigenvalue weighted by atomic mass is 9.91. The Morgan fingerprint density at radius 2 is 1.93 bits per heavy atom. The second-order valence-electron chi connectivity index (χ2n) is 7.08. The molecule has 142 valence electrons. The van der Waals surface area contributed by atoms with Gasteiger partial charge in [-0.25, -0.2) is 4.52 Å². The molecule has 1 fully saturated rings. The zero-order valence-electron chi connectivity index (χ0n) is 15.4. The zero-order valence-corrected chi connectivity index (χ0v) is 15.4. The molecular weight excluding hydrogens is 352 g/mol. The van der Waals surface area contributed by atoms with Crippen molar-refractivity contribution in [1.82, 2.24) is 9.61 Å². The Morgan fingerprint density at radius 1 is 1.14 bits per heavy atom. The molecule has 2 aromatic heterocycles. The van der Waals surface area contributed by atoms with Crippen molar-refractivity contribution >= 4 is 22.9 Å². The summed E-state index contributed by atoms with van der Waals surface area (Å²) in [6.45, 7) is 0. The predicted molar refractivity (Wildman–Crippen MR) is 108 cm³/mol. The van der Waals surface area contributed by atoms with Crippen LogP contribution in [0.4, 0.5) is 11.5 Å². The Bertz CT molecular complexity index is 1050. The Hall–Kier alpha value is -3.37. The van der Waals surface area contributed by atoms with E-state index >= 15 is 0 Å². The van der Waals surface area contributed by atoms with Crippen LogP contribution in [-0.4, -0.2) is 27.6 Å². The van der Waals surface area contributed by atoms with Gasteiger partial charge in [-0.2, -0.15) is 5.26 Å². The predicted octanol–water partition coefficient (Wildman–Crippen LogP) is 3.14. The minimum absolute atomic E-state index is 0.112. The first-order valence-corrected chi connectivity index (χ1v) is 9.47. The fourth-order valence-corrected chi connectivity index (χ4v) is 3.64. The van der Waals surface area contributed by atoms with Gasteiger partial charge in [0.2, 0.25) is 0 Å². The Balaban J connectivity index is 1.59. The maximum absolute atomic E-state index is 12.8. The largest absolute Gasteiger partial charge is 0.364 e. The van der Waals surface area contributed by atoms with Crippen LogP contribution in [-0.2, 0) is 0 Å². The summed E-state index contributed by atoms with van der Waals surface area (Å²) in [6, 6.07) is 16.7. The fourth-order valence-electron chi connectivity index (χ4n) is 3.64. The molecule has 3 aromatic rings. The van der Waals surface area contributed by atoms with Crippen molar-refractivity contribution < 1.29 is 4.79 Å². The summed E-state index contributed by atoms with van der Waals surface area (Å²) in [4.78, 5) is 12.8. The van der Waals surface area contributed by atoms with Gasteiger partial charge in [0.1, 0.15) is 17.6 Å². The number of benzene rings is 1. The van der Waals surface area contributed by atoms with Crippen LogP contribution < -0.4 is 16.4 Å². The van der Waals surface area contributed by atoms with Crippen LogP contribution in [0.5, 0.6) is 0 Å². The minimum atomic E-state index is -0.318. The molecule has 1 aliphatic rings. The Kier molecular flexibility index (Phi) is 4.96. The number of nitrogens with two attached hydrogens (primary N) is 1. The highest BCUT2D eigenvalue weighted by Crippen LogP contribution is 2.21. The van der Waals surface area contributed by atoms with Crippen molar-refractivity contribution in [2.75, 3.05) is 10.6 Å². The maximum Gasteiger partial charge on any atom is 0.274 e. The fraction of sp³-hybridized carbons (Fsp3) is 0.286. The van der Waals surface area contributed by atoms with E-state index in [4.69, 9.17) is 5.73 Å². The number of fused-ring (bicyclic) bond motifs is 1. The van der Waals surface area contributed by atoms with Gasteiger partial charge in [0.25, 0.3) is 5.91 Å². The first-order chi connectivity index (χ1) is 13.7. The van der Waals surface area contributed by atoms with Crippen LogP contribution in [0.1, 0.15) is 41.7 Å². The van der Waals surface area contributed by atoms with Crippen LogP contribution in [0.15, 0.2) is 48.5 Å². The number of anilines is 2. The van der Waals surface area contributed by atoms with Gasteiger partial charge in [-0.1, -0.05) is 25.0 Å². The first kappa shape index (κ1) is 18.0. The maximum atomic E-state index is 12.8. The summed E-state index contributed by atoms with van der Waals surface area (Å²) in [6.07, 6.45) is 4.35. The van der Waals surface area contributed by atoms with Crippen LogP contribution >= 0.6 is 0 Å². The molecule has 0 bridgehead atoms. The zero-order chi connectivity index (χ0) is 19.5. The lowest BCUT2D eigenvalue weighted by Crippen LogP contribution is -2.42. The minimum Gasteiger partial charge on any atom is -0.364 e. The second kappa shape index (κ2) is 7.71. The highest BCUT2D eigenvalue weighted by atomic mass is 16.2. The van der Waals surface area contributed by atoms with Crippen molar-refractivity contribution in [1.29, 1.82) is 5.26 Å².